The van der Waals surface area contributed by atoms with Gasteiger partial charge in [-0.2, -0.15) is 0 Å². The molecule has 7 nitrogen and oxygen atoms in total. The number of rotatable bonds is 8. The molecule has 1 heterocycles. The Labute approximate surface area is 234 Å². The number of amides is 3. The predicted octanol–water partition coefficient (Wildman–Crippen LogP) is 6.64. The fourth-order valence-electron chi connectivity index (χ4n) is 3.85. The van der Waals surface area contributed by atoms with Gasteiger partial charge in [-0.15, -0.1) is 0 Å². The zero-order valence-electron chi connectivity index (χ0n) is 21.5. The van der Waals surface area contributed by atoms with Crippen LogP contribution in [0.3, 0.4) is 0 Å². The molecule has 0 atom stereocenters. The van der Waals surface area contributed by atoms with Crippen molar-refractivity contribution in [3.8, 4) is 11.5 Å². The van der Waals surface area contributed by atoms with Crippen molar-refractivity contribution in [3.05, 3.63) is 91.8 Å². The lowest BCUT2D eigenvalue weighted by atomic mass is 10.1. The van der Waals surface area contributed by atoms with Gasteiger partial charge in [-0.05, 0) is 107 Å². The molecule has 4 rings (SSSR count). The second kappa shape index (κ2) is 11.9. The summed E-state index contributed by atoms with van der Waals surface area (Å²) in [5, 5.41) is 2.53. The van der Waals surface area contributed by atoms with E-state index in [9.17, 15) is 14.4 Å². The van der Waals surface area contributed by atoms with Gasteiger partial charge >= 0.3 is 0 Å². The molecule has 0 aromatic heterocycles. The second-order valence-corrected chi connectivity index (χ2v) is 10.7. The largest absolute Gasteiger partial charge is 0.493 e. The van der Waals surface area contributed by atoms with Gasteiger partial charge in [-0.25, -0.2) is 0 Å². The second-order valence-electron chi connectivity index (χ2n) is 8.86. The lowest BCUT2D eigenvalue weighted by Gasteiger charge is -2.14. The van der Waals surface area contributed by atoms with Crippen molar-refractivity contribution in [3.63, 3.8) is 0 Å². The lowest BCUT2D eigenvalue weighted by Crippen LogP contribution is -2.27. The van der Waals surface area contributed by atoms with E-state index in [1.54, 1.807) is 24.3 Å². The highest BCUT2D eigenvalue weighted by molar-refractivity contribution is 9.10. The molecule has 1 aliphatic heterocycles. The number of aryl methyl sites for hydroxylation is 3. The summed E-state index contributed by atoms with van der Waals surface area (Å²) in [6.07, 6.45) is 1.65. The molecular formula is C29H27BrN2O5S. The maximum atomic E-state index is 13.0. The quantitative estimate of drug-likeness (QED) is 0.294. The number of carbonyl (C=O) groups is 3. The summed E-state index contributed by atoms with van der Waals surface area (Å²) in [5.41, 5.74) is 5.46. The van der Waals surface area contributed by atoms with Gasteiger partial charge in [0.1, 0.15) is 0 Å². The maximum absolute atomic E-state index is 13.0. The van der Waals surface area contributed by atoms with Gasteiger partial charge in [0.25, 0.3) is 17.1 Å². The molecule has 3 aromatic rings. The first-order chi connectivity index (χ1) is 18.2. The Kier molecular flexibility index (Phi) is 8.58. The number of carbonyl (C=O) groups excluding carboxylic acids is 3. The number of nitrogens with one attached hydrogen (secondary N) is 1. The Balaban J connectivity index is 1.43. The molecule has 0 unspecified atom stereocenters. The Morgan fingerprint density at radius 1 is 1.00 bits per heavy atom. The summed E-state index contributed by atoms with van der Waals surface area (Å²) in [5.74, 6) is 0.129. The summed E-state index contributed by atoms with van der Waals surface area (Å²) in [6.45, 7) is 5.94. The monoisotopic (exact) mass is 594 g/mol. The molecule has 1 saturated heterocycles. The minimum absolute atomic E-state index is 0.215. The van der Waals surface area contributed by atoms with Gasteiger partial charge in [-0.3, -0.25) is 19.3 Å². The molecule has 196 valence electrons. The molecule has 0 spiro atoms. The van der Waals surface area contributed by atoms with Crippen LogP contribution in [-0.2, 0) is 16.1 Å². The average molecular weight is 596 g/mol. The fourth-order valence-corrected chi connectivity index (χ4v) is 5.24. The summed E-state index contributed by atoms with van der Waals surface area (Å²) in [4.78, 5) is 39.6. The molecule has 0 saturated carbocycles. The van der Waals surface area contributed by atoms with Crippen LogP contribution in [0, 0.1) is 20.8 Å². The first kappa shape index (κ1) is 27.5. The van der Waals surface area contributed by atoms with Gasteiger partial charge in [0.05, 0.1) is 24.2 Å². The molecule has 9 heteroatoms. The number of anilines is 1. The highest BCUT2D eigenvalue weighted by Crippen LogP contribution is 2.35. The highest BCUT2D eigenvalue weighted by Gasteiger charge is 2.35. The number of hydrogen-bond acceptors (Lipinski definition) is 6. The van der Waals surface area contributed by atoms with Crippen molar-refractivity contribution in [2.45, 2.75) is 27.3 Å². The van der Waals surface area contributed by atoms with E-state index in [-0.39, 0.29) is 30.2 Å². The summed E-state index contributed by atoms with van der Waals surface area (Å²) in [6, 6.07) is 16.6. The van der Waals surface area contributed by atoms with Crippen LogP contribution in [0.1, 0.15) is 27.8 Å². The lowest BCUT2D eigenvalue weighted by molar-refractivity contribution is -0.123. The molecule has 3 amide bonds. The van der Waals surface area contributed by atoms with Gasteiger partial charge in [0, 0.05) is 4.47 Å². The van der Waals surface area contributed by atoms with Crippen LogP contribution < -0.4 is 14.8 Å². The van der Waals surface area contributed by atoms with Crippen molar-refractivity contribution in [1.29, 1.82) is 0 Å². The molecule has 0 radical (unpaired) electrons. The van der Waals surface area contributed by atoms with Crippen LogP contribution in [0.15, 0.2) is 64.0 Å². The topological polar surface area (TPSA) is 84.9 Å². The molecule has 0 aliphatic carbocycles. The molecular weight excluding hydrogens is 568 g/mol. The van der Waals surface area contributed by atoms with E-state index in [1.807, 2.05) is 57.2 Å². The van der Waals surface area contributed by atoms with E-state index in [2.05, 4.69) is 21.2 Å². The van der Waals surface area contributed by atoms with Crippen molar-refractivity contribution in [2.75, 3.05) is 19.0 Å². The number of thioether (sulfide) groups is 1. The van der Waals surface area contributed by atoms with Crippen LogP contribution in [0.2, 0.25) is 0 Å². The highest BCUT2D eigenvalue weighted by atomic mass is 79.9. The third kappa shape index (κ3) is 6.28. The number of nitrogens with zero attached hydrogens (tertiary/aromatic N) is 1. The number of methoxy groups -OCH3 is 1. The van der Waals surface area contributed by atoms with Crippen LogP contribution in [0.4, 0.5) is 10.5 Å². The van der Waals surface area contributed by atoms with Crippen molar-refractivity contribution >= 4 is 56.5 Å². The molecule has 1 N–H and O–H groups in total. The molecule has 0 bridgehead atoms. The SMILES string of the molecule is COc1cc(/C=C2\SC(=O)N(Cc3ccccc3C)C2=O)ccc1OCC(=O)Nc1cc(C)c(C)cc1Br. The number of benzene rings is 3. The van der Waals surface area contributed by atoms with E-state index in [4.69, 9.17) is 9.47 Å². The van der Waals surface area contributed by atoms with E-state index in [0.29, 0.717) is 27.7 Å². The van der Waals surface area contributed by atoms with Gasteiger partial charge < -0.3 is 14.8 Å². The summed E-state index contributed by atoms with van der Waals surface area (Å²) in [7, 11) is 1.49. The zero-order chi connectivity index (χ0) is 27.4. The Hall–Kier alpha value is -3.56. The minimum Gasteiger partial charge on any atom is -0.493 e. The summed E-state index contributed by atoms with van der Waals surface area (Å²) >= 11 is 4.38. The van der Waals surface area contributed by atoms with Gasteiger partial charge in [0.15, 0.2) is 18.1 Å². The smallest absolute Gasteiger partial charge is 0.293 e. The number of ether oxygens (including phenoxy) is 2. The molecule has 1 aliphatic rings. The van der Waals surface area contributed by atoms with Gasteiger partial charge in [0.2, 0.25) is 0 Å². The first-order valence-electron chi connectivity index (χ1n) is 11.8. The van der Waals surface area contributed by atoms with E-state index < -0.39 is 0 Å². The molecule has 3 aromatic carbocycles. The fraction of sp³-hybridized carbons (Fsp3) is 0.207. The number of halogens is 1. The average Bonchev–Trinajstić information content (AvgIpc) is 3.14. The first-order valence-corrected chi connectivity index (χ1v) is 13.4. The standard InChI is InChI=1S/C29H27BrN2O5S/c1-17-7-5-6-8-21(17)15-32-28(34)26(38-29(32)35)14-20-9-10-24(25(13-20)36-4)37-16-27(33)31-23-12-19(3)18(2)11-22(23)30/h5-14H,15-16H2,1-4H3,(H,31,33)/b26-14-. The van der Waals surface area contributed by atoms with E-state index in [1.165, 1.54) is 12.0 Å². The Bertz CT molecular complexity index is 1450. The third-order valence-electron chi connectivity index (χ3n) is 6.16. The normalized spacial score (nSPS) is 14.2. The zero-order valence-corrected chi connectivity index (χ0v) is 23.9. The molecule has 1 fully saturated rings. The van der Waals surface area contributed by atoms with Crippen LogP contribution in [-0.4, -0.2) is 35.7 Å². The van der Waals surface area contributed by atoms with Crippen molar-refractivity contribution in [1.82, 2.24) is 4.90 Å². The maximum Gasteiger partial charge on any atom is 0.293 e. The van der Waals surface area contributed by atoms with E-state index in [0.717, 1.165) is 38.5 Å². The van der Waals surface area contributed by atoms with Gasteiger partial charge in [-0.1, -0.05) is 30.3 Å². The Morgan fingerprint density at radius 2 is 1.74 bits per heavy atom. The predicted molar refractivity (Wildman–Crippen MR) is 153 cm³/mol. The van der Waals surface area contributed by atoms with Crippen LogP contribution in [0.5, 0.6) is 11.5 Å². The third-order valence-corrected chi connectivity index (χ3v) is 7.73. The molecule has 38 heavy (non-hydrogen) atoms. The Morgan fingerprint density at radius 3 is 2.47 bits per heavy atom. The number of hydrogen-bond donors (Lipinski definition) is 1. The van der Waals surface area contributed by atoms with Crippen molar-refractivity contribution < 1.29 is 23.9 Å². The van der Waals surface area contributed by atoms with Crippen molar-refractivity contribution in [2.24, 2.45) is 0 Å². The minimum atomic E-state index is -0.336. The van der Waals surface area contributed by atoms with Crippen LogP contribution in [0.25, 0.3) is 6.08 Å². The number of imide groups is 1. The van der Waals surface area contributed by atoms with E-state index >= 15 is 0 Å². The summed E-state index contributed by atoms with van der Waals surface area (Å²) < 4.78 is 11.9. The van der Waals surface area contributed by atoms with Crippen LogP contribution >= 0.6 is 27.7 Å².